The number of halogens is 1. The average Bonchev–Trinajstić information content (AvgIpc) is 2.92. The van der Waals surface area contributed by atoms with Gasteiger partial charge in [-0.25, -0.2) is 9.07 Å². The fourth-order valence-corrected chi connectivity index (χ4v) is 2.92. The average molecular weight is 360 g/mol. The van der Waals surface area contributed by atoms with Crippen LogP contribution in [0.3, 0.4) is 0 Å². The van der Waals surface area contributed by atoms with Crippen LogP contribution in [-0.2, 0) is 12.8 Å². The minimum absolute atomic E-state index is 0.109. The minimum Gasteiger partial charge on any atom is -0.351 e. The summed E-state index contributed by atoms with van der Waals surface area (Å²) in [6.45, 7) is 7.52. The highest BCUT2D eigenvalue weighted by atomic mass is 19.1. The van der Waals surface area contributed by atoms with Gasteiger partial charge in [-0.3, -0.25) is 4.79 Å². The van der Waals surface area contributed by atoms with Crippen LogP contribution < -0.4 is 5.32 Å². The molecule has 0 aliphatic rings. The van der Waals surface area contributed by atoms with E-state index in [0.29, 0.717) is 36.6 Å². The Morgan fingerprint density at radius 1 is 1.35 bits per heavy atom. The van der Waals surface area contributed by atoms with Gasteiger partial charge in [0.05, 0.1) is 22.6 Å². The van der Waals surface area contributed by atoms with E-state index in [-0.39, 0.29) is 11.7 Å². The summed E-state index contributed by atoms with van der Waals surface area (Å²) in [5.74, 6) is -0.0617. The summed E-state index contributed by atoms with van der Waals surface area (Å²) in [6.07, 6.45) is 1.34. The molecule has 1 N–H and O–H groups in total. The number of carbonyl (C=O) groups is 1. The molecule has 1 heterocycles. The first-order chi connectivity index (χ1) is 12.3. The Bertz CT molecular complexity index is 752. The molecule has 0 bridgehead atoms. The Hall–Kier alpha value is -2.21. The van der Waals surface area contributed by atoms with Crippen molar-refractivity contribution in [3.05, 3.63) is 47.0 Å². The van der Waals surface area contributed by atoms with Crippen molar-refractivity contribution in [1.82, 2.24) is 20.0 Å². The lowest BCUT2D eigenvalue weighted by molar-refractivity contribution is 0.0949. The van der Waals surface area contributed by atoms with Crippen LogP contribution in [0.15, 0.2) is 24.3 Å². The standard InChI is InChI=1S/C20H29FN4O/c1-6-18-19(20(26)22-10-11-24(4)5)17(12-14(2)3)23-25(18)16-9-7-8-15(21)13-16/h7-9,13-14H,6,10-12H2,1-5H3,(H,22,26). The summed E-state index contributed by atoms with van der Waals surface area (Å²) in [5.41, 5.74) is 2.85. The molecule has 26 heavy (non-hydrogen) atoms. The Morgan fingerprint density at radius 2 is 2.08 bits per heavy atom. The molecule has 0 aliphatic heterocycles. The predicted molar refractivity (Wildman–Crippen MR) is 102 cm³/mol. The third-order valence-electron chi connectivity index (χ3n) is 4.11. The third-order valence-corrected chi connectivity index (χ3v) is 4.11. The van der Waals surface area contributed by atoms with Gasteiger partial charge in [-0.1, -0.05) is 26.8 Å². The van der Waals surface area contributed by atoms with Gasteiger partial charge in [-0.2, -0.15) is 5.10 Å². The highest BCUT2D eigenvalue weighted by Crippen LogP contribution is 2.22. The van der Waals surface area contributed by atoms with Crippen LogP contribution in [0.2, 0.25) is 0 Å². The van der Waals surface area contributed by atoms with Gasteiger partial charge >= 0.3 is 0 Å². The second kappa shape index (κ2) is 8.94. The zero-order valence-electron chi connectivity index (χ0n) is 16.3. The molecule has 6 heteroatoms. The molecule has 2 rings (SSSR count). The first-order valence-electron chi connectivity index (χ1n) is 9.13. The van der Waals surface area contributed by atoms with E-state index in [1.807, 2.05) is 32.0 Å². The summed E-state index contributed by atoms with van der Waals surface area (Å²) in [4.78, 5) is 14.9. The number of amides is 1. The lowest BCUT2D eigenvalue weighted by Crippen LogP contribution is -2.32. The first kappa shape index (κ1) is 20.1. The van der Waals surface area contributed by atoms with Gasteiger partial charge in [0.1, 0.15) is 5.82 Å². The van der Waals surface area contributed by atoms with Crippen LogP contribution in [0, 0.1) is 11.7 Å². The van der Waals surface area contributed by atoms with Crippen molar-refractivity contribution in [3.63, 3.8) is 0 Å². The molecule has 0 saturated carbocycles. The molecule has 0 radical (unpaired) electrons. The van der Waals surface area contributed by atoms with E-state index < -0.39 is 0 Å². The molecular formula is C20H29FN4O. The summed E-state index contributed by atoms with van der Waals surface area (Å²) in [6, 6.07) is 6.31. The van der Waals surface area contributed by atoms with Crippen molar-refractivity contribution >= 4 is 5.91 Å². The summed E-state index contributed by atoms with van der Waals surface area (Å²) in [7, 11) is 3.94. The molecule has 0 atom stereocenters. The van der Waals surface area contributed by atoms with Crippen LogP contribution in [0.4, 0.5) is 4.39 Å². The summed E-state index contributed by atoms with van der Waals surface area (Å²) >= 11 is 0. The Morgan fingerprint density at radius 3 is 2.65 bits per heavy atom. The fourth-order valence-electron chi connectivity index (χ4n) is 2.92. The van der Waals surface area contributed by atoms with Gasteiger partial charge in [0.15, 0.2) is 0 Å². The predicted octanol–water partition coefficient (Wildman–Crippen LogP) is 3.06. The number of hydrogen-bond donors (Lipinski definition) is 1. The largest absolute Gasteiger partial charge is 0.351 e. The molecule has 0 spiro atoms. The molecule has 0 unspecified atom stereocenters. The number of hydrogen-bond acceptors (Lipinski definition) is 3. The van der Waals surface area contributed by atoms with E-state index in [1.54, 1.807) is 10.7 Å². The molecule has 2 aromatic rings. The van der Waals surface area contributed by atoms with Crippen LogP contribution >= 0.6 is 0 Å². The van der Waals surface area contributed by atoms with E-state index in [1.165, 1.54) is 12.1 Å². The first-order valence-corrected chi connectivity index (χ1v) is 9.13. The van der Waals surface area contributed by atoms with Gasteiger partial charge < -0.3 is 10.2 Å². The minimum atomic E-state index is -0.317. The van der Waals surface area contributed by atoms with E-state index in [2.05, 4.69) is 24.3 Å². The molecule has 0 saturated heterocycles. The maximum absolute atomic E-state index is 13.7. The molecular weight excluding hydrogens is 331 g/mol. The topological polar surface area (TPSA) is 50.2 Å². The Labute approximate surface area is 155 Å². The normalized spacial score (nSPS) is 11.4. The quantitative estimate of drug-likeness (QED) is 0.787. The second-order valence-electron chi connectivity index (χ2n) is 7.17. The van der Waals surface area contributed by atoms with Crippen LogP contribution in [0.25, 0.3) is 5.69 Å². The van der Waals surface area contributed by atoms with Gasteiger partial charge in [-0.15, -0.1) is 0 Å². The van der Waals surface area contributed by atoms with E-state index >= 15 is 0 Å². The number of benzene rings is 1. The van der Waals surface area contributed by atoms with Crippen molar-refractivity contribution in [3.8, 4) is 5.69 Å². The fraction of sp³-hybridized carbons (Fsp3) is 0.500. The Kier molecular flexibility index (Phi) is 6.91. The number of aromatic nitrogens is 2. The lowest BCUT2D eigenvalue weighted by Gasteiger charge is -2.12. The van der Waals surface area contributed by atoms with Crippen molar-refractivity contribution in [2.24, 2.45) is 5.92 Å². The van der Waals surface area contributed by atoms with Crippen LogP contribution in [-0.4, -0.2) is 47.8 Å². The molecule has 142 valence electrons. The number of nitrogens with zero attached hydrogens (tertiary/aromatic N) is 3. The maximum Gasteiger partial charge on any atom is 0.255 e. The van der Waals surface area contributed by atoms with Crippen LogP contribution in [0.1, 0.15) is 42.5 Å². The smallest absolute Gasteiger partial charge is 0.255 e. The third kappa shape index (κ3) is 4.91. The highest BCUT2D eigenvalue weighted by molar-refractivity contribution is 5.96. The van der Waals surface area contributed by atoms with Crippen molar-refractivity contribution < 1.29 is 9.18 Å². The zero-order chi connectivity index (χ0) is 19.3. The maximum atomic E-state index is 13.7. The monoisotopic (exact) mass is 360 g/mol. The molecule has 5 nitrogen and oxygen atoms in total. The SMILES string of the molecule is CCc1c(C(=O)NCCN(C)C)c(CC(C)C)nn1-c1cccc(F)c1. The molecule has 1 aromatic carbocycles. The number of nitrogens with one attached hydrogen (secondary N) is 1. The number of rotatable bonds is 8. The van der Waals surface area contributed by atoms with Crippen molar-refractivity contribution in [2.45, 2.75) is 33.6 Å². The number of carbonyl (C=O) groups excluding carboxylic acids is 1. The zero-order valence-corrected chi connectivity index (χ0v) is 16.3. The number of likely N-dealkylation sites (N-methyl/N-ethyl adjacent to an activating group) is 1. The van der Waals surface area contributed by atoms with Gasteiger partial charge in [0.25, 0.3) is 5.91 Å². The van der Waals surface area contributed by atoms with Crippen molar-refractivity contribution in [2.75, 3.05) is 27.2 Å². The van der Waals surface area contributed by atoms with E-state index in [4.69, 9.17) is 0 Å². The molecule has 1 aromatic heterocycles. The van der Waals surface area contributed by atoms with Gasteiger partial charge in [0.2, 0.25) is 0 Å². The second-order valence-corrected chi connectivity index (χ2v) is 7.17. The van der Waals surface area contributed by atoms with E-state index in [9.17, 15) is 9.18 Å². The van der Waals surface area contributed by atoms with Crippen LogP contribution in [0.5, 0.6) is 0 Å². The van der Waals surface area contributed by atoms with Crippen molar-refractivity contribution in [1.29, 1.82) is 0 Å². The summed E-state index contributed by atoms with van der Waals surface area (Å²) < 4.78 is 15.4. The Balaban J connectivity index is 2.45. The van der Waals surface area contributed by atoms with Gasteiger partial charge in [-0.05, 0) is 51.1 Å². The molecule has 1 amide bonds. The lowest BCUT2D eigenvalue weighted by atomic mass is 10.0. The van der Waals surface area contributed by atoms with E-state index in [0.717, 1.165) is 17.9 Å². The highest BCUT2D eigenvalue weighted by Gasteiger charge is 2.24. The van der Waals surface area contributed by atoms with Gasteiger partial charge in [0, 0.05) is 13.1 Å². The molecule has 0 aliphatic carbocycles. The molecule has 0 fully saturated rings. The summed E-state index contributed by atoms with van der Waals surface area (Å²) in [5, 5.41) is 7.66.